The fourth-order valence-corrected chi connectivity index (χ4v) is 1.95. The van der Waals surface area contributed by atoms with Crippen LogP contribution in [-0.2, 0) is 0 Å². The zero-order valence-electron chi connectivity index (χ0n) is 7.44. The van der Waals surface area contributed by atoms with Crippen molar-refractivity contribution in [1.82, 2.24) is 9.78 Å². The number of hydrogen-bond acceptors (Lipinski definition) is 2. The second kappa shape index (κ2) is 3.20. The molecule has 13 heavy (non-hydrogen) atoms. The zero-order chi connectivity index (χ0) is 9.26. The van der Waals surface area contributed by atoms with Crippen molar-refractivity contribution in [2.24, 2.45) is 5.73 Å². The Hall–Kier alpha value is -1.32. The van der Waals surface area contributed by atoms with Gasteiger partial charge in [-0.3, -0.25) is 9.48 Å². The van der Waals surface area contributed by atoms with E-state index in [4.69, 9.17) is 5.73 Å². The Morgan fingerprint density at radius 1 is 1.54 bits per heavy atom. The first kappa shape index (κ1) is 8.29. The second-order valence-corrected chi connectivity index (χ2v) is 3.46. The average Bonchev–Trinajstić information content (AvgIpc) is 2.74. The highest BCUT2D eigenvalue weighted by atomic mass is 16.1. The van der Waals surface area contributed by atoms with Crippen molar-refractivity contribution < 1.29 is 4.79 Å². The van der Waals surface area contributed by atoms with Gasteiger partial charge in [0, 0.05) is 6.20 Å². The molecule has 1 amide bonds. The molecule has 0 unspecified atom stereocenters. The summed E-state index contributed by atoms with van der Waals surface area (Å²) >= 11 is 0. The van der Waals surface area contributed by atoms with Gasteiger partial charge in [0.15, 0.2) is 0 Å². The lowest BCUT2D eigenvalue weighted by Crippen LogP contribution is -2.19. The lowest BCUT2D eigenvalue weighted by Gasteiger charge is -2.11. The minimum Gasteiger partial charge on any atom is -0.364 e. The molecule has 1 aliphatic rings. The van der Waals surface area contributed by atoms with Crippen LogP contribution in [0.1, 0.15) is 42.2 Å². The van der Waals surface area contributed by atoms with Gasteiger partial charge in [0.05, 0.1) is 6.04 Å². The molecule has 0 radical (unpaired) electrons. The van der Waals surface area contributed by atoms with Gasteiger partial charge in [0.1, 0.15) is 5.69 Å². The third-order valence-corrected chi connectivity index (χ3v) is 2.59. The molecule has 4 heteroatoms. The molecule has 0 aliphatic heterocycles. The van der Waals surface area contributed by atoms with E-state index in [1.54, 1.807) is 16.9 Å². The summed E-state index contributed by atoms with van der Waals surface area (Å²) in [5, 5.41) is 4.14. The van der Waals surface area contributed by atoms with Gasteiger partial charge in [-0.2, -0.15) is 5.10 Å². The maximum Gasteiger partial charge on any atom is 0.266 e. The van der Waals surface area contributed by atoms with Crippen LogP contribution in [0.3, 0.4) is 0 Å². The van der Waals surface area contributed by atoms with Crippen LogP contribution >= 0.6 is 0 Å². The number of carbonyl (C=O) groups excluding carboxylic acids is 1. The lowest BCUT2D eigenvalue weighted by molar-refractivity contribution is 0.0987. The molecule has 0 atom stereocenters. The first-order chi connectivity index (χ1) is 6.29. The molecule has 0 aromatic carbocycles. The van der Waals surface area contributed by atoms with E-state index in [9.17, 15) is 4.79 Å². The first-order valence-corrected chi connectivity index (χ1v) is 4.62. The van der Waals surface area contributed by atoms with E-state index in [1.165, 1.54) is 12.8 Å². The number of aromatic nitrogens is 2. The van der Waals surface area contributed by atoms with Crippen molar-refractivity contribution in [3.8, 4) is 0 Å². The highest BCUT2D eigenvalue weighted by molar-refractivity contribution is 5.90. The fraction of sp³-hybridized carbons (Fsp3) is 0.556. The molecular weight excluding hydrogens is 166 g/mol. The Bertz CT molecular complexity index is 312. The van der Waals surface area contributed by atoms with E-state index in [0.717, 1.165) is 12.8 Å². The second-order valence-electron chi connectivity index (χ2n) is 3.46. The Balaban J connectivity index is 2.28. The van der Waals surface area contributed by atoms with Crippen LogP contribution in [-0.4, -0.2) is 15.7 Å². The number of nitrogens with two attached hydrogens (primary N) is 1. The molecule has 0 saturated heterocycles. The quantitative estimate of drug-likeness (QED) is 0.738. The third kappa shape index (κ3) is 1.43. The number of rotatable bonds is 2. The summed E-state index contributed by atoms with van der Waals surface area (Å²) in [5.74, 6) is -0.385. The number of amides is 1. The van der Waals surface area contributed by atoms with Crippen molar-refractivity contribution >= 4 is 5.91 Å². The van der Waals surface area contributed by atoms with E-state index in [2.05, 4.69) is 5.10 Å². The Labute approximate surface area is 76.7 Å². The summed E-state index contributed by atoms with van der Waals surface area (Å²) in [6, 6.07) is 2.07. The molecule has 1 aromatic heterocycles. The monoisotopic (exact) mass is 179 g/mol. The Morgan fingerprint density at radius 2 is 2.23 bits per heavy atom. The summed E-state index contributed by atoms with van der Waals surface area (Å²) in [6.45, 7) is 0. The van der Waals surface area contributed by atoms with Crippen LogP contribution in [0.2, 0.25) is 0 Å². The highest BCUT2D eigenvalue weighted by Crippen LogP contribution is 2.29. The molecule has 1 heterocycles. The third-order valence-electron chi connectivity index (χ3n) is 2.59. The Kier molecular flexibility index (Phi) is 2.04. The summed E-state index contributed by atoms with van der Waals surface area (Å²) in [5.41, 5.74) is 5.76. The normalized spacial score (nSPS) is 17.8. The van der Waals surface area contributed by atoms with Crippen molar-refractivity contribution in [2.45, 2.75) is 31.7 Å². The summed E-state index contributed by atoms with van der Waals surface area (Å²) in [6.07, 6.45) is 6.31. The van der Waals surface area contributed by atoms with E-state index < -0.39 is 0 Å². The molecule has 0 bridgehead atoms. The highest BCUT2D eigenvalue weighted by Gasteiger charge is 2.21. The largest absolute Gasteiger partial charge is 0.364 e. The van der Waals surface area contributed by atoms with Crippen molar-refractivity contribution in [2.75, 3.05) is 0 Å². The van der Waals surface area contributed by atoms with E-state index in [-0.39, 0.29) is 5.91 Å². The van der Waals surface area contributed by atoms with Crippen LogP contribution in [0.5, 0.6) is 0 Å². The minimum absolute atomic E-state index is 0.385. The van der Waals surface area contributed by atoms with Crippen molar-refractivity contribution in [1.29, 1.82) is 0 Å². The maximum absolute atomic E-state index is 11.0. The van der Waals surface area contributed by atoms with Crippen LogP contribution in [0.25, 0.3) is 0 Å². The summed E-state index contributed by atoms with van der Waals surface area (Å²) in [4.78, 5) is 11.0. The van der Waals surface area contributed by atoms with Gasteiger partial charge in [0.25, 0.3) is 5.91 Å². The maximum atomic E-state index is 11.0. The predicted octanol–water partition coefficient (Wildman–Crippen LogP) is 1.10. The van der Waals surface area contributed by atoms with Crippen LogP contribution in [0.15, 0.2) is 12.3 Å². The predicted molar refractivity (Wildman–Crippen MR) is 48.2 cm³/mol. The van der Waals surface area contributed by atoms with Gasteiger partial charge in [-0.1, -0.05) is 12.8 Å². The standard InChI is InChI=1S/C9H13N3O/c10-9(13)8-5-6-11-12(8)7-3-1-2-4-7/h5-7H,1-4H2,(H2,10,13). The van der Waals surface area contributed by atoms with Crippen molar-refractivity contribution in [3.63, 3.8) is 0 Å². The summed E-state index contributed by atoms with van der Waals surface area (Å²) in [7, 11) is 0. The fourth-order valence-electron chi connectivity index (χ4n) is 1.95. The average molecular weight is 179 g/mol. The minimum atomic E-state index is -0.385. The molecule has 2 rings (SSSR count). The first-order valence-electron chi connectivity index (χ1n) is 4.62. The molecule has 4 nitrogen and oxygen atoms in total. The van der Waals surface area contributed by atoms with Gasteiger partial charge in [-0.15, -0.1) is 0 Å². The molecule has 1 aliphatic carbocycles. The molecule has 2 N–H and O–H groups in total. The molecule has 1 fully saturated rings. The molecule has 0 spiro atoms. The van der Waals surface area contributed by atoms with E-state index >= 15 is 0 Å². The summed E-state index contributed by atoms with van der Waals surface area (Å²) < 4.78 is 1.77. The smallest absolute Gasteiger partial charge is 0.266 e. The molecule has 1 saturated carbocycles. The molecule has 70 valence electrons. The van der Waals surface area contributed by atoms with Crippen molar-refractivity contribution in [3.05, 3.63) is 18.0 Å². The van der Waals surface area contributed by atoms with Gasteiger partial charge in [0.2, 0.25) is 0 Å². The number of carbonyl (C=O) groups is 1. The van der Waals surface area contributed by atoms with E-state index in [1.807, 2.05) is 0 Å². The van der Waals surface area contributed by atoms with Crippen LogP contribution in [0.4, 0.5) is 0 Å². The van der Waals surface area contributed by atoms with Gasteiger partial charge in [-0.25, -0.2) is 0 Å². The SMILES string of the molecule is NC(=O)c1ccnn1C1CCCC1. The number of hydrogen-bond donors (Lipinski definition) is 1. The van der Waals surface area contributed by atoms with Gasteiger partial charge < -0.3 is 5.73 Å². The van der Waals surface area contributed by atoms with Crippen LogP contribution in [0, 0.1) is 0 Å². The lowest BCUT2D eigenvalue weighted by atomic mass is 10.2. The molecular formula is C9H13N3O. The Morgan fingerprint density at radius 3 is 2.85 bits per heavy atom. The van der Waals surface area contributed by atoms with Gasteiger partial charge in [-0.05, 0) is 18.9 Å². The number of nitrogens with zero attached hydrogens (tertiary/aromatic N) is 2. The van der Waals surface area contributed by atoms with E-state index in [0.29, 0.717) is 11.7 Å². The number of primary amides is 1. The topological polar surface area (TPSA) is 60.9 Å². The molecule has 1 aromatic rings. The van der Waals surface area contributed by atoms with Crippen LogP contribution < -0.4 is 5.73 Å². The zero-order valence-corrected chi connectivity index (χ0v) is 7.44. The van der Waals surface area contributed by atoms with Gasteiger partial charge >= 0.3 is 0 Å².